The van der Waals surface area contributed by atoms with E-state index in [-0.39, 0.29) is 29.4 Å². The van der Waals surface area contributed by atoms with Crippen molar-refractivity contribution in [2.45, 2.75) is 13.2 Å². The molecule has 0 saturated carbocycles. The normalized spacial score (nSPS) is 10.5. The minimum atomic E-state index is -2.96. The van der Waals surface area contributed by atoms with E-state index in [0.717, 1.165) is 0 Å². The van der Waals surface area contributed by atoms with E-state index >= 15 is 0 Å². The summed E-state index contributed by atoms with van der Waals surface area (Å²) in [7, 11) is 4.35. The second kappa shape index (κ2) is 8.37. The van der Waals surface area contributed by atoms with E-state index in [1.165, 1.54) is 43.4 Å². The van der Waals surface area contributed by atoms with Gasteiger partial charge < -0.3 is 24.2 Å². The van der Waals surface area contributed by atoms with Gasteiger partial charge in [0.1, 0.15) is 11.5 Å². The zero-order chi connectivity index (χ0) is 19.3. The Balaban J connectivity index is 2.16. The van der Waals surface area contributed by atoms with E-state index in [1.54, 1.807) is 19.2 Å². The Labute approximate surface area is 149 Å². The highest BCUT2D eigenvalue weighted by molar-refractivity contribution is 5.96. The lowest BCUT2D eigenvalue weighted by atomic mass is 10.1. The molecular formula is C18H19F2NO5. The van der Waals surface area contributed by atoms with E-state index < -0.39 is 12.5 Å². The van der Waals surface area contributed by atoms with Crippen LogP contribution < -0.4 is 14.2 Å². The first-order valence-electron chi connectivity index (χ1n) is 7.60. The van der Waals surface area contributed by atoms with Gasteiger partial charge in [-0.25, -0.2) is 0 Å². The fourth-order valence-electron chi connectivity index (χ4n) is 2.37. The zero-order valence-electron chi connectivity index (χ0n) is 14.5. The average Bonchev–Trinajstić information content (AvgIpc) is 2.61. The van der Waals surface area contributed by atoms with Gasteiger partial charge in [-0.05, 0) is 29.8 Å². The first-order chi connectivity index (χ1) is 12.3. The molecular weight excluding hydrogens is 348 g/mol. The number of aromatic hydroxyl groups is 1. The number of alkyl halides is 2. The number of rotatable bonds is 7. The molecule has 0 fully saturated rings. The number of halogens is 2. The monoisotopic (exact) mass is 367 g/mol. The van der Waals surface area contributed by atoms with Crippen LogP contribution in [0.1, 0.15) is 15.9 Å². The smallest absolute Gasteiger partial charge is 0.387 e. The number of phenolic OH excluding ortho intramolecular Hbond substituents is 1. The van der Waals surface area contributed by atoms with Crippen LogP contribution in [0.15, 0.2) is 36.4 Å². The molecule has 26 heavy (non-hydrogen) atoms. The molecule has 140 valence electrons. The molecule has 0 unspecified atom stereocenters. The summed E-state index contributed by atoms with van der Waals surface area (Å²) in [5.41, 5.74) is 0.769. The van der Waals surface area contributed by atoms with Crippen LogP contribution in [-0.2, 0) is 6.54 Å². The quantitative estimate of drug-likeness (QED) is 0.813. The third kappa shape index (κ3) is 4.53. The Hall–Kier alpha value is -3.03. The summed E-state index contributed by atoms with van der Waals surface area (Å²) >= 11 is 0. The van der Waals surface area contributed by atoms with Crippen LogP contribution in [0, 0.1) is 0 Å². The SMILES string of the molecule is COc1ccc(C(=O)N(C)Cc2ccc(OC(F)F)c(OC)c2)c(O)c1. The Bertz CT molecular complexity index is 782. The molecule has 0 atom stereocenters. The molecule has 6 nitrogen and oxygen atoms in total. The molecule has 0 aliphatic heterocycles. The lowest BCUT2D eigenvalue weighted by Gasteiger charge is -2.19. The van der Waals surface area contributed by atoms with Crippen molar-refractivity contribution < 1.29 is 32.9 Å². The lowest BCUT2D eigenvalue weighted by molar-refractivity contribution is -0.0512. The molecule has 0 radical (unpaired) electrons. The van der Waals surface area contributed by atoms with E-state index in [2.05, 4.69) is 4.74 Å². The predicted octanol–water partition coefficient (Wildman–Crippen LogP) is 3.28. The van der Waals surface area contributed by atoms with Gasteiger partial charge >= 0.3 is 6.61 Å². The van der Waals surface area contributed by atoms with Crippen molar-refractivity contribution in [3.05, 3.63) is 47.5 Å². The van der Waals surface area contributed by atoms with E-state index in [9.17, 15) is 18.7 Å². The maximum atomic E-state index is 12.5. The molecule has 0 bridgehead atoms. The molecule has 0 saturated heterocycles. The Morgan fingerprint density at radius 2 is 1.85 bits per heavy atom. The molecule has 0 spiro atoms. The third-order valence-corrected chi connectivity index (χ3v) is 3.65. The number of carbonyl (C=O) groups is 1. The number of benzene rings is 2. The van der Waals surface area contributed by atoms with Crippen molar-refractivity contribution in [2.75, 3.05) is 21.3 Å². The van der Waals surface area contributed by atoms with Crippen LogP contribution in [0.3, 0.4) is 0 Å². The second-order valence-corrected chi connectivity index (χ2v) is 5.41. The van der Waals surface area contributed by atoms with Crippen LogP contribution in [-0.4, -0.2) is 43.8 Å². The number of hydrogen-bond donors (Lipinski definition) is 1. The maximum absolute atomic E-state index is 12.5. The fourth-order valence-corrected chi connectivity index (χ4v) is 2.37. The largest absolute Gasteiger partial charge is 0.507 e. The highest BCUT2D eigenvalue weighted by Crippen LogP contribution is 2.30. The first-order valence-corrected chi connectivity index (χ1v) is 7.60. The zero-order valence-corrected chi connectivity index (χ0v) is 14.5. The van der Waals surface area contributed by atoms with Gasteiger partial charge in [-0.3, -0.25) is 4.79 Å². The van der Waals surface area contributed by atoms with Gasteiger partial charge in [0.15, 0.2) is 11.5 Å². The first kappa shape index (κ1) is 19.3. The van der Waals surface area contributed by atoms with Gasteiger partial charge in [0, 0.05) is 19.7 Å². The van der Waals surface area contributed by atoms with E-state index in [4.69, 9.17) is 9.47 Å². The van der Waals surface area contributed by atoms with Crippen molar-refractivity contribution in [1.29, 1.82) is 0 Å². The van der Waals surface area contributed by atoms with Crippen LogP contribution >= 0.6 is 0 Å². The van der Waals surface area contributed by atoms with Crippen LogP contribution in [0.5, 0.6) is 23.0 Å². The standard InChI is InChI=1S/C18H19F2NO5/c1-21(17(23)13-6-5-12(24-2)9-14(13)22)10-11-4-7-15(26-18(19)20)16(8-11)25-3/h4-9,18,22H,10H2,1-3H3. The number of hydrogen-bond acceptors (Lipinski definition) is 5. The van der Waals surface area contributed by atoms with Gasteiger partial charge in [0.05, 0.1) is 19.8 Å². The summed E-state index contributed by atoms with van der Waals surface area (Å²) in [6, 6.07) is 8.80. The van der Waals surface area contributed by atoms with Crippen molar-refractivity contribution in [3.8, 4) is 23.0 Å². The van der Waals surface area contributed by atoms with Crippen LogP contribution in [0.2, 0.25) is 0 Å². The van der Waals surface area contributed by atoms with Gasteiger partial charge in [-0.2, -0.15) is 8.78 Å². The number of ether oxygens (including phenoxy) is 3. The highest BCUT2D eigenvalue weighted by atomic mass is 19.3. The number of carbonyl (C=O) groups excluding carboxylic acids is 1. The third-order valence-electron chi connectivity index (χ3n) is 3.65. The minimum Gasteiger partial charge on any atom is -0.507 e. The van der Waals surface area contributed by atoms with Gasteiger partial charge in [0.2, 0.25) is 0 Å². The number of phenols is 1. The Morgan fingerprint density at radius 3 is 2.42 bits per heavy atom. The topological polar surface area (TPSA) is 68.2 Å². The lowest BCUT2D eigenvalue weighted by Crippen LogP contribution is -2.26. The summed E-state index contributed by atoms with van der Waals surface area (Å²) in [5.74, 6) is -0.124. The maximum Gasteiger partial charge on any atom is 0.387 e. The summed E-state index contributed by atoms with van der Waals surface area (Å²) in [6.07, 6.45) is 0. The van der Waals surface area contributed by atoms with Crippen LogP contribution in [0.4, 0.5) is 8.78 Å². The summed E-state index contributed by atoms with van der Waals surface area (Å²) in [5, 5.41) is 9.98. The molecule has 0 aliphatic rings. The number of nitrogens with zero attached hydrogens (tertiary/aromatic N) is 1. The number of amides is 1. The fraction of sp³-hybridized carbons (Fsp3) is 0.278. The predicted molar refractivity (Wildman–Crippen MR) is 90.1 cm³/mol. The van der Waals surface area contributed by atoms with Gasteiger partial charge in [-0.15, -0.1) is 0 Å². The molecule has 1 amide bonds. The van der Waals surface area contributed by atoms with E-state index in [1.807, 2.05) is 0 Å². The molecule has 0 aromatic heterocycles. The van der Waals surface area contributed by atoms with Crippen molar-refractivity contribution in [2.24, 2.45) is 0 Å². The molecule has 2 aromatic rings. The summed E-state index contributed by atoms with van der Waals surface area (Å²) in [4.78, 5) is 13.9. The highest BCUT2D eigenvalue weighted by Gasteiger charge is 2.18. The Morgan fingerprint density at radius 1 is 1.12 bits per heavy atom. The Kier molecular flexibility index (Phi) is 6.21. The number of methoxy groups -OCH3 is 2. The average molecular weight is 367 g/mol. The van der Waals surface area contributed by atoms with Gasteiger partial charge in [0.25, 0.3) is 5.91 Å². The molecule has 0 aliphatic carbocycles. The van der Waals surface area contributed by atoms with Crippen molar-refractivity contribution in [1.82, 2.24) is 4.90 Å². The van der Waals surface area contributed by atoms with Crippen molar-refractivity contribution >= 4 is 5.91 Å². The molecule has 2 rings (SSSR count). The van der Waals surface area contributed by atoms with Crippen LogP contribution in [0.25, 0.3) is 0 Å². The van der Waals surface area contributed by atoms with Crippen molar-refractivity contribution in [3.63, 3.8) is 0 Å². The summed E-state index contributed by atoms with van der Waals surface area (Å²) < 4.78 is 39.1. The minimum absolute atomic E-state index is 0.0898. The molecule has 0 heterocycles. The summed E-state index contributed by atoms with van der Waals surface area (Å²) in [6.45, 7) is -2.78. The molecule has 8 heteroatoms. The molecule has 1 N–H and O–H groups in total. The second-order valence-electron chi connectivity index (χ2n) is 5.41. The molecule has 2 aromatic carbocycles. The van der Waals surface area contributed by atoms with Gasteiger partial charge in [-0.1, -0.05) is 6.07 Å². The van der Waals surface area contributed by atoms with E-state index in [0.29, 0.717) is 11.3 Å².